The highest BCUT2D eigenvalue weighted by Crippen LogP contribution is 3.02. The van der Waals surface area contributed by atoms with Crippen molar-refractivity contribution in [1.29, 1.82) is 0 Å². The molecule has 0 aromatic heterocycles. The molecule has 0 bridgehead atoms. The highest BCUT2D eigenvalue weighted by molar-refractivity contribution is 8.46. The minimum absolute atomic E-state index is 0.0873. The van der Waals surface area contributed by atoms with Crippen LogP contribution in [0.3, 0.4) is 0 Å². The lowest BCUT2D eigenvalue weighted by Crippen LogP contribution is -2.06. The van der Waals surface area contributed by atoms with Crippen molar-refractivity contribution in [3.63, 3.8) is 0 Å². The summed E-state index contributed by atoms with van der Waals surface area (Å²) in [7, 11) is -9.80. The molecule has 2 aromatic rings. The van der Waals surface area contributed by atoms with Gasteiger partial charge in [0.15, 0.2) is 0 Å². The van der Waals surface area contributed by atoms with Gasteiger partial charge in [0.2, 0.25) is 0 Å². The molecule has 17 heavy (non-hydrogen) atoms. The van der Waals surface area contributed by atoms with E-state index in [2.05, 4.69) is 0 Å². The molecule has 0 unspecified atom stereocenters. The van der Waals surface area contributed by atoms with E-state index in [1.165, 1.54) is 18.2 Å². The van der Waals surface area contributed by atoms with Crippen LogP contribution < -0.4 is 0 Å². The Morgan fingerprint density at radius 3 is 1.88 bits per heavy atom. The van der Waals surface area contributed by atoms with Gasteiger partial charge in [0, 0.05) is 5.39 Å². The molecule has 0 saturated heterocycles. The summed E-state index contributed by atoms with van der Waals surface area (Å²) in [5.74, 6) is -0.814. The van der Waals surface area contributed by atoms with Crippen molar-refractivity contribution in [3.8, 4) is 5.75 Å². The average molecular weight is 270 g/mol. The van der Waals surface area contributed by atoms with Crippen molar-refractivity contribution < 1.29 is 24.5 Å². The summed E-state index contributed by atoms with van der Waals surface area (Å²) in [5, 5.41) is 8.38. The third-order valence-electron chi connectivity index (χ3n) is 2.26. The predicted molar refractivity (Wildman–Crippen MR) is 57.0 cm³/mol. The maximum absolute atomic E-state index is 12.7. The second-order valence-electron chi connectivity index (χ2n) is 3.60. The molecular formula is C10H7F5OS. The van der Waals surface area contributed by atoms with E-state index in [0.717, 1.165) is 12.1 Å². The summed E-state index contributed by atoms with van der Waals surface area (Å²) in [6, 6.07) is 5.84. The number of phenolic OH excluding ortho intramolecular Hbond substituents is 1. The normalized spacial score (nSPS) is 16.5. The molecule has 0 atom stereocenters. The Morgan fingerprint density at radius 2 is 1.35 bits per heavy atom. The quantitative estimate of drug-likeness (QED) is 0.706. The molecule has 0 fully saturated rings. The van der Waals surface area contributed by atoms with Crippen LogP contribution in [-0.2, 0) is 0 Å². The minimum atomic E-state index is -9.80. The first-order chi connectivity index (χ1) is 7.49. The Labute approximate surface area is 93.2 Å². The molecule has 0 heterocycles. The van der Waals surface area contributed by atoms with Crippen molar-refractivity contribution >= 4 is 21.0 Å². The fourth-order valence-corrected chi connectivity index (χ4v) is 2.55. The van der Waals surface area contributed by atoms with E-state index in [1.807, 2.05) is 0 Å². The van der Waals surface area contributed by atoms with Gasteiger partial charge in [0.05, 0.1) is 0 Å². The summed E-state index contributed by atoms with van der Waals surface area (Å²) < 4.78 is 63.7. The molecule has 94 valence electrons. The molecule has 0 aliphatic carbocycles. The van der Waals surface area contributed by atoms with Crippen LogP contribution in [0.5, 0.6) is 5.75 Å². The number of hydrogen-bond donors (Lipinski definition) is 1. The van der Waals surface area contributed by atoms with Crippen molar-refractivity contribution in [1.82, 2.24) is 0 Å². The van der Waals surface area contributed by atoms with Gasteiger partial charge in [-0.1, -0.05) is 43.7 Å². The van der Waals surface area contributed by atoms with Crippen LogP contribution in [0.2, 0.25) is 0 Å². The number of benzene rings is 2. The third-order valence-corrected chi connectivity index (χ3v) is 3.43. The molecule has 2 aromatic carbocycles. The Kier molecular flexibility index (Phi) is 1.88. The Morgan fingerprint density at radius 1 is 0.824 bits per heavy atom. The van der Waals surface area contributed by atoms with Gasteiger partial charge >= 0.3 is 10.2 Å². The Bertz CT molecular complexity index is 600. The first-order valence-electron chi connectivity index (χ1n) is 4.44. The second kappa shape index (κ2) is 2.66. The van der Waals surface area contributed by atoms with Gasteiger partial charge in [-0.3, -0.25) is 0 Å². The molecule has 0 aliphatic heterocycles. The van der Waals surface area contributed by atoms with Crippen molar-refractivity contribution in [3.05, 3.63) is 36.4 Å². The lowest BCUT2D eigenvalue weighted by atomic mass is 10.1. The second-order valence-corrected chi connectivity index (χ2v) is 5.98. The first-order valence-corrected chi connectivity index (χ1v) is 6.39. The molecule has 0 saturated carbocycles. The predicted octanol–water partition coefficient (Wildman–Crippen LogP) is 5.20. The molecule has 7 heteroatoms. The molecule has 0 radical (unpaired) electrons. The van der Waals surface area contributed by atoms with Crippen LogP contribution in [0.25, 0.3) is 10.8 Å². The summed E-state index contributed by atoms with van der Waals surface area (Å²) in [6.45, 7) is 0. The summed E-state index contributed by atoms with van der Waals surface area (Å²) in [5.41, 5.74) is 0. The first kappa shape index (κ1) is 12.0. The van der Waals surface area contributed by atoms with Gasteiger partial charge in [-0.05, 0) is 17.5 Å². The number of hydrogen-bond acceptors (Lipinski definition) is 1. The largest absolute Gasteiger partial charge is 0.507 e. The van der Waals surface area contributed by atoms with Crippen LogP contribution in [0.15, 0.2) is 41.3 Å². The van der Waals surface area contributed by atoms with Gasteiger partial charge in [0.1, 0.15) is 10.6 Å². The molecular weight excluding hydrogens is 263 g/mol. The third kappa shape index (κ3) is 2.14. The fourth-order valence-electron chi connectivity index (χ4n) is 1.61. The highest BCUT2D eigenvalue weighted by atomic mass is 32.5. The van der Waals surface area contributed by atoms with E-state index in [4.69, 9.17) is 0 Å². The maximum atomic E-state index is 12.7. The van der Waals surface area contributed by atoms with Gasteiger partial charge in [-0.2, -0.15) is 0 Å². The van der Waals surface area contributed by atoms with Crippen LogP contribution in [0, 0.1) is 0 Å². The number of phenols is 1. The Balaban J connectivity index is 3.00. The van der Waals surface area contributed by atoms with Gasteiger partial charge in [-0.15, -0.1) is 0 Å². The van der Waals surface area contributed by atoms with Crippen LogP contribution >= 0.6 is 10.2 Å². The van der Waals surface area contributed by atoms with E-state index in [1.54, 1.807) is 0 Å². The zero-order valence-electron chi connectivity index (χ0n) is 8.21. The van der Waals surface area contributed by atoms with E-state index in [9.17, 15) is 24.5 Å². The molecule has 1 nitrogen and oxygen atoms in total. The highest BCUT2D eigenvalue weighted by Gasteiger charge is 2.66. The lowest BCUT2D eigenvalue weighted by Gasteiger charge is -2.41. The zero-order chi connectivity index (χ0) is 13.0. The van der Waals surface area contributed by atoms with E-state index in [-0.39, 0.29) is 11.5 Å². The maximum Gasteiger partial charge on any atom is 0.311 e. The van der Waals surface area contributed by atoms with Crippen LogP contribution in [-0.4, -0.2) is 5.11 Å². The van der Waals surface area contributed by atoms with Crippen LogP contribution in [0.1, 0.15) is 0 Å². The molecule has 1 N–H and O–H groups in total. The molecule has 2 rings (SSSR count). The fraction of sp³-hybridized carbons (Fsp3) is 0. The van der Waals surface area contributed by atoms with Gasteiger partial charge in [0.25, 0.3) is 0 Å². The topological polar surface area (TPSA) is 20.2 Å². The SMILES string of the molecule is Oc1cccc2cccc(S(F)(F)(F)(F)F)c12. The summed E-state index contributed by atoms with van der Waals surface area (Å²) in [6.07, 6.45) is 0. The van der Waals surface area contributed by atoms with Crippen molar-refractivity contribution in [2.75, 3.05) is 0 Å². The van der Waals surface area contributed by atoms with Crippen LogP contribution in [0.4, 0.5) is 19.4 Å². The monoisotopic (exact) mass is 270 g/mol. The number of halogens is 5. The van der Waals surface area contributed by atoms with Crippen molar-refractivity contribution in [2.45, 2.75) is 4.90 Å². The smallest absolute Gasteiger partial charge is 0.311 e. The van der Waals surface area contributed by atoms with Crippen molar-refractivity contribution in [2.24, 2.45) is 0 Å². The average Bonchev–Trinajstić information content (AvgIpc) is 2.14. The number of rotatable bonds is 1. The summed E-state index contributed by atoms with van der Waals surface area (Å²) in [4.78, 5) is -2.05. The van der Waals surface area contributed by atoms with E-state index in [0.29, 0.717) is 0 Å². The Hall–Kier alpha value is -1.50. The van der Waals surface area contributed by atoms with Gasteiger partial charge in [-0.25, -0.2) is 0 Å². The van der Waals surface area contributed by atoms with E-state index < -0.39 is 26.3 Å². The zero-order valence-corrected chi connectivity index (χ0v) is 9.03. The number of fused-ring (bicyclic) bond motifs is 1. The molecule has 0 spiro atoms. The lowest BCUT2D eigenvalue weighted by molar-refractivity contribution is 0.365. The standard InChI is InChI=1S/C10H7F5OS/c11-17(12,13,14,15)9-6-2-4-7-3-1-5-8(16)10(7)9/h1-6,16H. The molecule has 0 amide bonds. The van der Waals surface area contributed by atoms with E-state index >= 15 is 0 Å². The van der Waals surface area contributed by atoms with Gasteiger partial charge < -0.3 is 5.11 Å². The number of aromatic hydroxyl groups is 1. The molecule has 0 aliphatic rings. The summed E-state index contributed by atoms with van der Waals surface area (Å²) >= 11 is 0. The minimum Gasteiger partial charge on any atom is -0.507 e.